The summed E-state index contributed by atoms with van der Waals surface area (Å²) in [6, 6.07) is 0. The fraction of sp³-hybridized carbons (Fsp3) is 1.00. The summed E-state index contributed by atoms with van der Waals surface area (Å²) in [4.78, 5) is 0. The predicted octanol–water partition coefficient (Wildman–Crippen LogP) is 2.92. The third-order valence-corrected chi connectivity index (χ3v) is 1.83. The van der Waals surface area contributed by atoms with Crippen LogP contribution in [0, 0.1) is 0 Å². The maximum atomic E-state index is 2.72. The normalized spacial score (nSPS) is 9.00. The van der Waals surface area contributed by atoms with Crippen molar-refractivity contribution in [3.05, 3.63) is 0 Å². The van der Waals surface area contributed by atoms with Gasteiger partial charge in [-0.25, -0.2) is 0 Å². The number of unbranched alkanes of at least 4 members (excludes halogenated alkanes) is 1. The zero-order chi connectivity index (χ0) is 8.41. The van der Waals surface area contributed by atoms with Crippen LogP contribution in [0.3, 0.4) is 0 Å². The van der Waals surface area contributed by atoms with E-state index >= 15 is 0 Å². The van der Waals surface area contributed by atoms with Gasteiger partial charge in [-0.2, -0.15) is 0 Å². The molecule has 0 aliphatic rings. The van der Waals surface area contributed by atoms with Crippen LogP contribution in [-0.2, 0) is 0 Å². The van der Waals surface area contributed by atoms with Crippen LogP contribution in [-0.4, -0.2) is 17.8 Å². The predicted molar refractivity (Wildman–Crippen MR) is 53.2 cm³/mol. The van der Waals surface area contributed by atoms with Crippen molar-refractivity contribution in [3.63, 3.8) is 0 Å². The first-order chi connectivity index (χ1) is 4.81. The lowest BCUT2D eigenvalue weighted by Gasteiger charge is -2.11. The van der Waals surface area contributed by atoms with Crippen LogP contribution in [0.5, 0.6) is 0 Å². The maximum absolute atomic E-state index is 2.72. The minimum absolute atomic E-state index is 1.14. The van der Waals surface area contributed by atoms with Crippen LogP contribution in [0.1, 0.15) is 40.5 Å². The molecule has 1 atom stereocenters. The van der Waals surface area contributed by atoms with E-state index in [-0.39, 0.29) is 0 Å². The molecule has 0 aliphatic carbocycles. The smallest absolute Gasteiger partial charge is 0.00159 e. The Bertz CT molecular complexity index is 48.5. The van der Waals surface area contributed by atoms with E-state index in [0.29, 0.717) is 0 Å². The van der Waals surface area contributed by atoms with Gasteiger partial charge in [0.15, 0.2) is 0 Å². The molecule has 0 amide bonds. The van der Waals surface area contributed by atoms with Gasteiger partial charge in [-0.15, -0.1) is 0 Å². The van der Waals surface area contributed by atoms with Gasteiger partial charge in [0.2, 0.25) is 0 Å². The Balaban J connectivity index is 0. The van der Waals surface area contributed by atoms with E-state index < -0.39 is 0 Å². The van der Waals surface area contributed by atoms with Crippen LogP contribution in [0.2, 0.25) is 0 Å². The van der Waals surface area contributed by atoms with Crippen molar-refractivity contribution in [2.45, 2.75) is 40.5 Å². The van der Waals surface area contributed by atoms with Crippen LogP contribution < -0.4 is 0 Å². The molecule has 0 aliphatic heterocycles. The molecule has 0 heterocycles. The van der Waals surface area contributed by atoms with E-state index in [1.807, 2.05) is 13.8 Å². The number of nitrogens with zero attached hydrogens (tertiary/aromatic N) is 1. The van der Waals surface area contributed by atoms with Gasteiger partial charge in [-0.1, -0.05) is 43.5 Å². The van der Waals surface area contributed by atoms with Crippen molar-refractivity contribution >= 4 is 9.39 Å². The second-order valence-corrected chi connectivity index (χ2v) is 2.71. The average Bonchev–Trinajstić information content (AvgIpc) is 2.04. The molecule has 0 fully saturated rings. The van der Waals surface area contributed by atoms with Crippen molar-refractivity contribution < 1.29 is 0 Å². The minimum Gasteiger partial charge on any atom is -0.288 e. The summed E-state index contributed by atoms with van der Waals surface area (Å²) in [6.07, 6.45) is 2.61. The molecule has 2 heteroatoms. The van der Waals surface area contributed by atoms with Gasteiger partial charge in [0.25, 0.3) is 0 Å². The first-order valence-electron chi connectivity index (χ1n) is 4.30. The largest absolute Gasteiger partial charge is 0.288 e. The summed E-state index contributed by atoms with van der Waals surface area (Å²) >= 11 is 0. The van der Waals surface area contributed by atoms with Crippen molar-refractivity contribution in [1.29, 1.82) is 0 Å². The summed E-state index contributed by atoms with van der Waals surface area (Å²) in [5.74, 6) is 0. The molecular weight excluding hydrogens is 141 g/mol. The molecule has 0 aromatic carbocycles. The average molecular weight is 163 g/mol. The van der Waals surface area contributed by atoms with E-state index in [4.69, 9.17) is 0 Å². The van der Waals surface area contributed by atoms with Crippen LogP contribution in [0.25, 0.3) is 0 Å². The molecule has 0 saturated carbocycles. The topological polar surface area (TPSA) is 3.24 Å². The Morgan fingerprint density at radius 2 is 1.70 bits per heavy atom. The minimum atomic E-state index is 1.14. The molecule has 0 spiro atoms. The van der Waals surface area contributed by atoms with Crippen molar-refractivity contribution in [2.24, 2.45) is 0 Å². The monoisotopic (exact) mass is 163 g/mol. The van der Waals surface area contributed by atoms with E-state index in [0.717, 1.165) is 6.54 Å². The molecule has 0 radical (unpaired) electrons. The van der Waals surface area contributed by atoms with E-state index in [9.17, 15) is 0 Å². The van der Waals surface area contributed by atoms with Gasteiger partial charge >= 0.3 is 0 Å². The first kappa shape index (κ1) is 13.0. The van der Waals surface area contributed by atoms with E-state index in [2.05, 4.69) is 27.9 Å². The van der Waals surface area contributed by atoms with Gasteiger partial charge in [0.05, 0.1) is 0 Å². The fourth-order valence-corrected chi connectivity index (χ4v) is 0.702. The summed E-state index contributed by atoms with van der Waals surface area (Å²) in [5.41, 5.74) is 0. The second kappa shape index (κ2) is 12.1. The van der Waals surface area contributed by atoms with Gasteiger partial charge in [0, 0.05) is 6.54 Å². The molecule has 64 valence electrons. The highest BCUT2D eigenvalue weighted by Crippen LogP contribution is 1.99. The maximum Gasteiger partial charge on any atom is 0.00159 e. The quantitative estimate of drug-likeness (QED) is 0.576. The lowest BCUT2D eigenvalue weighted by Crippen LogP contribution is -2.10. The third kappa shape index (κ3) is 11.2. The first-order valence-corrected chi connectivity index (χ1v) is 4.82. The van der Waals surface area contributed by atoms with E-state index in [1.165, 1.54) is 19.4 Å². The van der Waals surface area contributed by atoms with Crippen molar-refractivity contribution in [2.75, 3.05) is 13.1 Å². The molecule has 0 aromatic rings. The molecule has 0 N–H and O–H groups in total. The van der Waals surface area contributed by atoms with Gasteiger partial charge < -0.3 is 0 Å². The Kier molecular flexibility index (Phi) is 15.8. The Morgan fingerprint density at radius 1 is 1.20 bits per heavy atom. The van der Waals surface area contributed by atoms with E-state index in [1.54, 1.807) is 0 Å². The van der Waals surface area contributed by atoms with Crippen LogP contribution >= 0.6 is 9.39 Å². The lowest BCUT2D eigenvalue weighted by atomic mass is 10.3. The molecule has 0 aromatic heterocycles. The standard InChI is InChI=1S/C6H16NP.C2H6/c1-3-5-6-7(8)4-2;1-2/h3-6,8H2,1-2H3;1-2H3. The zero-order valence-electron chi connectivity index (χ0n) is 7.85. The Morgan fingerprint density at radius 3 is 2.00 bits per heavy atom. The molecule has 0 bridgehead atoms. The van der Waals surface area contributed by atoms with Gasteiger partial charge in [-0.05, 0) is 13.0 Å². The summed E-state index contributed by atoms with van der Waals surface area (Å²) in [6.45, 7) is 10.7. The fourth-order valence-electron chi connectivity index (χ4n) is 0.519. The molecular formula is C8H22NP. The second-order valence-electron chi connectivity index (χ2n) is 1.98. The summed E-state index contributed by atoms with van der Waals surface area (Å²) < 4.78 is 2.25. The third-order valence-electron chi connectivity index (χ3n) is 1.21. The number of hydrogen-bond acceptors (Lipinski definition) is 1. The SMILES string of the molecule is CC.CCCCN(P)CC. The molecule has 10 heavy (non-hydrogen) atoms. The Labute approximate surface area is 68.4 Å². The van der Waals surface area contributed by atoms with Gasteiger partial charge in [0.1, 0.15) is 0 Å². The summed E-state index contributed by atoms with van der Waals surface area (Å²) in [7, 11) is 2.72. The number of rotatable bonds is 4. The highest BCUT2D eigenvalue weighted by molar-refractivity contribution is 7.13. The van der Waals surface area contributed by atoms with Gasteiger partial charge in [-0.3, -0.25) is 4.67 Å². The lowest BCUT2D eigenvalue weighted by molar-refractivity contribution is 0.478. The molecule has 0 saturated heterocycles. The number of hydrogen-bond donors (Lipinski definition) is 0. The van der Waals surface area contributed by atoms with Crippen molar-refractivity contribution in [1.82, 2.24) is 4.67 Å². The molecule has 1 nitrogen and oxygen atoms in total. The summed E-state index contributed by atoms with van der Waals surface area (Å²) in [5, 5.41) is 0. The molecule has 1 unspecified atom stereocenters. The Hall–Kier alpha value is 0.390. The van der Waals surface area contributed by atoms with Crippen LogP contribution in [0.4, 0.5) is 0 Å². The highest BCUT2D eigenvalue weighted by atomic mass is 31.0. The van der Waals surface area contributed by atoms with Crippen LogP contribution in [0.15, 0.2) is 0 Å². The highest BCUT2D eigenvalue weighted by Gasteiger charge is 1.89. The van der Waals surface area contributed by atoms with Crippen molar-refractivity contribution in [3.8, 4) is 0 Å². The molecule has 0 rings (SSSR count). The zero-order valence-corrected chi connectivity index (χ0v) is 9.01.